The second-order valence-corrected chi connectivity index (χ2v) is 3.33. The number of halogens is 1. The first kappa shape index (κ1) is 15.5. The normalized spacial score (nSPS) is 8.29. The van der Waals surface area contributed by atoms with Crippen molar-refractivity contribution in [3.05, 3.63) is 60.4 Å². The van der Waals surface area contributed by atoms with E-state index in [4.69, 9.17) is 5.11 Å². The summed E-state index contributed by atoms with van der Waals surface area (Å²) < 4.78 is 0. The molecule has 17 heavy (non-hydrogen) atoms. The molecule has 0 saturated carbocycles. The number of nitrogens with zero attached hydrogens (tertiary/aromatic N) is 1. The van der Waals surface area contributed by atoms with Gasteiger partial charge in [-0.15, -0.1) is 25.0 Å². The second-order valence-electron chi connectivity index (χ2n) is 2.85. The van der Waals surface area contributed by atoms with Gasteiger partial charge in [0, 0.05) is 17.3 Å². The molecule has 0 spiro atoms. The van der Waals surface area contributed by atoms with E-state index in [1.165, 1.54) is 6.07 Å². The zero-order valence-electron chi connectivity index (χ0n) is 8.85. The lowest BCUT2D eigenvalue weighted by Crippen LogP contribution is -1.96. The minimum absolute atomic E-state index is 0. The Kier molecular flexibility index (Phi) is 7.84. The van der Waals surface area contributed by atoms with Gasteiger partial charge in [0.15, 0.2) is 0 Å². The van der Waals surface area contributed by atoms with Crippen LogP contribution >= 0.6 is 25.0 Å². The van der Waals surface area contributed by atoms with Crippen molar-refractivity contribution >= 4 is 31.0 Å². The highest BCUT2D eigenvalue weighted by Gasteiger charge is 2.03. The Balaban J connectivity index is 0.000000316. The van der Waals surface area contributed by atoms with Crippen molar-refractivity contribution in [2.75, 3.05) is 0 Å². The maximum atomic E-state index is 10.4. The van der Waals surface area contributed by atoms with Gasteiger partial charge in [-0.25, -0.2) is 4.79 Å². The van der Waals surface area contributed by atoms with Crippen molar-refractivity contribution in [1.29, 1.82) is 0 Å². The Morgan fingerprint density at radius 2 is 1.65 bits per heavy atom. The van der Waals surface area contributed by atoms with Gasteiger partial charge in [-0.1, -0.05) is 18.2 Å². The summed E-state index contributed by atoms with van der Waals surface area (Å²) in [5.41, 5.74) is 0.242. The van der Waals surface area contributed by atoms with Crippen LogP contribution in [-0.2, 0) is 0 Å². The van der Waals surface area contributed by atoms with E-state index < -0.39 is 5.97 Å². The Morgan fingerprint density at radius 3 is 1.94 bits per heavy atom. The molecule has 0 aliphatic rings. The number of thiol groups is 1. The summed E-state index contributed by atoms with van der Waals surface area (Å²) in [5.74, 6) is -0.939. The fourth-order valence-corrected chi connectivity index (χ4v) is 1.22. The first-order valence-electron chi connectivity index (χ1n) is 4.58. The molecule has 0 bridgehead atoms. The topological polar surface area (TPSA) is 50.2 Å². The Morgan fingerprint density at radius 1 is 1.06 bits per heavy atom. The van der Waals surface area contributed by atoms with Gasteiger partial charge in [0.05, 0.1) is 5.56 Å². The number of rotatable bonds is 1. The van der Waals surface area contributed by atoms with Crippen LogP contribution in [0.3, 0.4) is 0 Å². The zero-order chi connectivity index (χ0) is 11.8. The number of aromatic carboxylic acids is 1. The largest absolute Gasteiger partial charge is 0.478 e. The van der Waals surface area contributed by atoms with Crippen LogP contribution in [0.15, 0.2) is 59.8 Å². The van der Waals surface area contributed by atoms with Crippen LogP contribution in [-0.4, -0.2) is 16.1 Å². The van der Waals surface area contributed by atoms with E-state index in [0.29, 0.717) is 4.90 Å². The summed E-state index contributed by atoms with van der Waals surface area (Å²) in [6.45, 7) is 0. The molecular weight excluding hydrogens is 258 g/mol. The molecule has 0 aliphatic carbocycles. The number of hydrogen-bond donors (Lipinski definition) is 2. The number of hydrogen-bond acceptors (Lipinski definition) is 3. The fraction of sp³-hybridized carbons (Fsp3) is 0. The van der Waals surface area contributed by atoms with Gasteiger partial charge >= 0.3 is 5.97 Å². The Bertz CT molecular complexity index is 425. The van der Waals surface area contributed by atoms with Gasteiger partial charge in [-0.3, -0.25) is 4.98 Å². The van der Waals surface area contributed by atoms with Crippen LogP contribution in [0.1, 0.15) is 10.4 Å². The molecule has 3 nitrogen and oxygen atoms in total. The van der Waals surface area contributed by atoms with Crippen molar-refractivity contribution in [2.24, 2.45) is 0 Å². The minimum atomic E-state index is -0.939. The van der Waals surface area contributed by atoms with Gasteiger partial charge in [0.2, 0.25) is 0 Å². The molecule has 1 aromatic carbocycles. The average Bonchev–Trinajstić information content (AvgIpc) is 2.32. The molecule has 2 aromatic rings. The molecule has 0 unspecified atom stereocenters. The average molecular weight is 270 g/mol. The van der Waals surface area contributed by atoms with E-state index in [9.17, 15) is 4.79 Å². The van der Waals surface area contributed by atoms with E-state index in [0.717, 1.165) is 0 Å². The SMILES string of the molecule is Cl.O=C(O)c1ccccc1S.c1ccncc1. The maximum Gasteiger partial charge on any atom is 0.336 e. The monoisotopic (exact) mass is 269 g/mol. The summed E-state index contributed by atoms with van der Waals surface area (Å²) in [4.78, 5) is 14.7. The number of aromatic nitrogens is 1. The predicted molar refractivity (Wildman–Crippen MR) is 72.1 cm³/mol. The molecule has 0 aliphatic heterocycles. The number of benzene rings is 1. The minimum Gasteiger partial charge on any atom is -0.478 e. The van der Waals surface area contributed by atoms with Crippen LogP contribution in [0.5, 0.6) is 0 Å². The molecule has 0 saturated heterocycles. The predicted octanol–water partition coefficient (Wildman–Crippen LogP) is 3.18. The van der Waals surface area contributed by atoms with Crippen LogP contribution in [0.4, 0.5) is 0 Å². The number of carboxylic acids is 1. The number of carboxylic acid groups (broad SMARTS) is 1. The third-order valence-electron chi connectivity index (χ3n) is 1.70. The quantitative estimate of drug-likeness (QED) is 0.782. The lowest BCUT2D eigenvalue weighted by atomic mass is 10.2. The highest BCUT2D eigenvalue weighted by molar-refractivity contribution is 7.80. The number of pyridine rings is 1. The maximum absolute atomic E-state index is 10.4. The molecule has 0 radical (unpaired) electrons. The molecule has 2 rings (SSSR count). The molecule has 1 N–H and O–H groups in total. The lowest BCUT2D eigenvalue weighted by molar-refractivity contribution is 0.0693. The molecule has 5 heteroatoms. The van der Waals surface area contributed by atoms with Crippen LogP contribution < -0.4 is 0 Å². The zero-order valence-corrected chi connectivity index (χ0v) is 10.6. The van der Waals surface area contributed by atoms with Crippen molar-refractivity contribution in [1.82, 2.24) is 4.98 Å². The van der Waals surface area contributed by atoms with Gasteiger partial charge < -0.3 is 5.11 Å². The van der Waals surface area contributed by atoms with Crippen molar-refractivity contribution in [2.45, 2.75) is 4.90 Å². The molecule has 1 aromatic heterocycles. The number of carbonyl (C=O) groups is 1. The van der Waals surface area contributed by atoms with Gasteiger partial charge in [-0.2, -0.15) is 0 Å². The molecule has 90 valence electrons. The van der Waals surface area contributed by atoms with E-state index in [1.807, 2.05) is 18.2 Å². The lowest BCUT2D eigenvalue weighted by Gasteiger charge is -1.95. The van der Waals surface area contributed by atoms with Gasteiger partial charge in [-0.05, 0) is 24.3 Å². The van der Waals surface area contributed by atoms with E-state index >= 15 is 0 Å². The van der Waals surface area contributed by atoms with Crippen LogP contribution in [0.2, 0.25) is 0 Å². The molecule has 0 fully saturated rings. The smallest absolute Gasteiger partial charge is 0.336 e. The first-order valence-corrected chi connectivity index (χ1v) is 5.03. The summed E-state index contributed by atoms with van der Waals surface area (Å²) in [6, 6.07) is 12.3. The van der Waals surface area contributed by atoms with E-state index in [-0.39, 0.29) is 18.0 Å². The van der Waals surface area contributed by atoms with Crippen LogP contribution in [0.25, 0.3) is 0 Å². The highest BCUT2D eigenvalue weighted by atomic mass is 35.5. The van der Waals surface area contributed by atoms with Gasteiger partial charge in [0.25, 0.3) is 0 Å². The fourth-order valence-electron chi connectivity index (χ4n) is 0.967. The third kappa shape index (κ3) is 5.94. The van der Waals surface area contributed by atoms with Crippen molar-refractivity contribution in [3.8, 4) is 0 Å². The first-order chi connectivity index (χ1) is 7.72. The van der Waals surface area contributed by atoms with Crippen molar-refractivity contribution in [3.63, 3.8) is 0 Å². The highest BCUT2D eigenvalue weighted by Crippen LogP contribution is 2.11. The summed E-state index contributed by atoms with van der Waals surface area (Å²) >= 11 is 3.96. The summed E-state index contributed by atoms with van der Waals surface area (Å²) in [5, 5.41) is 8.52. The summed E-state index contributed by atoms with van der Waals surface area (Å²) in [6.07, 6.45) is 3.50. The third-order valence-corrected chi connectivity index (χ3v) is 2.09. The van der Waals surface area contributed by atoms with Crippen molar-refractivity contribution < 1.29 is 9.90 Å². The summed E-state index contributed by atoms with van der Waals surface area (Å²) in [7, 11) is 0. The standard InChI is InChI=1S/C7H6O2S.C5H5N.ClH/c8-7(9)5-3-1-2-4-6(5)10;1-2-4-6-5-3-1;/h1-4,10H,(H,8,9);1-5H;1H. The Hall–Kier alpha value is -1.52. The molecule has 0 atom stereocenters. The van der Waals surface area contributed by atoms with Gasteiger partial charge in [0.1, 0.15) is 0 Å². The molecular formula is C12H12ClNO2S. The second kappa shape index (κ2) is 8.61. The van der Waals surface area contributed by atoms with Crippen LogP contribution in [0, 0.1) is 0 Å². The van der Waals surface area contributed by atoms with E-state index in [2.05, 4.69) is 17.6 Å². The molecule has 0 amide bonds. The van der Waals surface area contributed by atoms with E-state index in [1.54, 1.807) is 30.6 Å². The Labute approximate surface area is 111 Å². The molecule has 1 heterocycles.